The maximum absolute atomic E-state index is 7.56. The number of fused-ring (bicyclic) bond motifs is 3. The van der Waals surface area contributed by atoms with Crippen LogP contribution >= 0.6 is 0 Å². The van der Waals surface area contributed by atoms with Gasteiger partial charge in [0.15, 0.2) is 0 Å². The van der Waals surface area contributed by atoms with Crippen molar-refractivity contribution in [3.05, 3.63) is 140 Å². The first-order valence-electron chi connectivity index (χ1n) is 13.2. The second-order valence-corrected chi connectivity index (χ2v) is 8.19. The molecule has 0 aliphatic rings. The minimum Gasteiger partial charge on any atom is -0.505 e. The van der Waals surface area contributed by atoms with E-state index < -0.39 is 6.85 Å². The van der Waals surface area contributed by atoms with Crippen LogP contribution in [-0.2, 0) is 20.1 Å². The van der Waals surface area contributed by atoms with Gasteiger partial charge >= 0.3 is 20.1 Å². The molecule has 0 bridgehead atoms. The van der Waals surface area contributed by atoms with E-state index in [1.165, 1.54) is 6.07 Å². The zero-order chi connectivity index (χ0) is 27.5. The molecule has 0 radical (unpaired) electrons. The monoisotopic (exact) mass is 674 g/mol. The molecular formula is C32H22IrN4O+. The fourth-order valence-corrected chi connectivity index (χ4v) is 4.03. The molecule has 0 N–H and O–H groups in total. The van der Waals surface area contributed by atoms with Crippen molar-refractivity contribution in [2.45, 2.75) is 6.85 Å². The van der Waals surface area contributed by atoms with Crippen molar-refractivity contribution in [3.8, 4) is 22.6 Å². The molecule has 4 heterocycles. The van der Waals surface area contributed by atoms with Crippen molar-refractivity contribution in [3.63, 3.8) is 0 Å². The summed E-state index contributed by atoms with van der Waals surface area (Å²) in [6.07, 6.45) is 8.80. The second-order valence-electron chi connectivity index (χ2n) is 8.19. The average molecular weight is 674 g/mol. The minimum atomic E-state index is -2.28. The minimum absolute atomic E-state index is 0. The Bertz CT molecular complexity index is 1850. The van der Waals surface area contributed by atoms with Crippen LogP contribution in [0.25, 0.3) is 44.7 Å². The van der Waals surface area contributed by atoms with Crippen LogP contribution in [0.4, 0.5) is 0 Å². The number of benzene rings is 3. The van der Waals surface area contributed by atoms with E-state index in [-0.39, 0.29) is 25.8 Å². The number of aromatic nitrogens is 4. The Morgan fingerprint density at radius 3 is 2.53 bits per heavy atom. The van der Waals surface area contributed by atoms with Crippen molar-refractivity contribution in [1.82, 2.24) is 14.5 Å². The maximum Gasteiger partial charge on any atom is 3.00 e. The fourth-order valence-electron chi connectivity index (χ4n) is 4.03. The van der Waals surface area contributed by atoms with Crippen LogP contribution in [0.5, 0.6) is 0 Å². The number of aryl methyl sites for hydroxylation is 1. The Hall–Kier alpha value is -4.38. The molecule has 184 valence electrons. The molecule has 0 atom stereocenters. The Balaban J connectivity index is 0.000000218. The van der Waals surface area contributed by atoms with E-state index in [1.807, 2.05) is 102 Å². The molecule has 0 amide bonds. The third-order valence-corrected chi connectivity index (χ3v) is 5.78. The van der Waals surface area contributed by atoms with Gasteiger partial charge in [-0.15, -0.1) is 35.9 Å². The van der Waals surface area contributed by atoms with E-state index in [4.69, 9.17) is 8.53 Å². The van der Waals surface area contributed by atoms with Gasteiger partial charge in [-0.05, 0) is 48.6 Å². The summed E-state index contributed by atoms with van der Waals surface area (Å²) in [5.41, 5.74) is 4.57. The van der Waals surface area contributed by atoms with Crippen LogP contribution in [-0.4, -0.2) is 14.5 Å². The van der Waals surface area contributed by atoms with E-state index in [0.717, 1.165) is 27.7 Å². The summed E-state index contributed by atoms with van der Waals surface area (Å²) < 4.78 is 32.3. The van der Waals surface area contributed by atoms with Crippen LogP contribution in [0.1, 0.15) is 9.81 Å². The van der Waals surface area contributed by atoms with Crippen LogP contribution in [0.15, 0.2) is 120 Å². The first kappa shape index (κ1) is 21.7. The van der Waals surface area contributed by atoms with E-state index in [0.29, 0.717) is 17.0 Å². The Kier molecular flexibility index (Phi) is 6.47. The van der Waals surface area contributed by atoms with Crippen molar-refractivity contribution in [1.29, 1.82) is 0 Å². The largest absolute Gasteiger partial charge is 3.00 e. The first-order chi connectivity index (χ1) is 19.5. The quantitative estimate of drug-likeness (QED) is 0.159. The summed E-state index contributed by atoms with van der Waals surface area (Å²) in [6.45, 7) is -2.28. The van der Waals surface area contributed by atoms with Gasteiger partial charge in [0, 0.05) is 39.4 Å². The average Bonchev–Trinajstić information content (AvgIpc) is 3.64. The first-order valence-corrected chi connectivity index (χ1v) is 11.7. The van der Waals surface area contributed by atoms with Gasteiger partial charge < -0.3 is 14.0 Å². The normalized spacial score (nSPS) is 12.1. The molecule has 3 aromatic carbocycles. The van der Waals surface area contributed by atoms with Crippen LogP contribution in [0.3, 0.4) is 0 Å². The molecule has 7 aromatic rings. The molecule has 0 aliphatic heterocycles. The number of pyridine rings is 2. The number of para-hydroxylation sites is 1. The third kappa shape index (κ3) is 5.18. The summed E-state index contributed by atoms with van der Waals surface area (Å²) in [6, 6.07) is 36.8. The zero-order valence-corrected chi connectivity index (χ0v) is 22.4. The van der Waals surface area contributed by atoms with Gasteiger partial charge in [-0.3, -0.25) is 4.57 Å². The Morgan fingerprint density at radius 1 is 0.868 bits per heavy atom. The number of hydrogen-bond acceptors (Lipinski definition) is 3. The molecule has 38 heavy (non-hydrogen) atoms. The van der Waals surface area contributed by atoms with Gasteiger partial charge in [-0.2, -0.15) is 18.2 Å². The van der Waals surface area contributed by atoms with Gasteiger partial charge in [0.1, 0.15) is 0 Å². The molecule has 0 saturated carbocycles. The third-order valence-electron chi connectivity index (χ3n) is 5.78. The number of furan rings is 1. The second kappa shape index (κ2) is 11.3. The van der Waals surface area contributed by atoms with E-state index >= 15 is 0 Å². The predicted octanol–water partition coefficient (Wildman–Crippen LogP) is 6.50. The SMILES string of the molecule is [2H]C([2H])([2H])c1ccc2c(n1)oc1c(-[n+]3[c-]n(-c4ccccc4)cc3)[c-]ccc12.[Ir+3].[c-]1ccccc1-c1ccccn1. The van der Waals surface area contributed by atoms with E-state index in [1.54, 1.807) is 16.8 Å². The Morgan fingerprint density at radius 2 is 1.74 bits per heavy atom. The van der Waals surface area contributed by atoms with Gasteiger partial charge in [0.25, 0.3) is 6.33 Å². The number of rotatable bonds is 3. The summed E-state index contributed by atoms with van der Waals surface area (Å²) in [5, 5.41) is 1.61. The van der Waals surface area contributed by atoms with Gasteiger partial charge in [-0.25, -0.2) is 4.98 Å². The summed E-state index contributed by atoms with van der Waals surface area (Å²) >= 11 is 0. The molecule has 4 aromatic heterocycles. The molecule has 0 spiro atoms. The Labute approximate surface area is 238 Å². The topological polar surface area (TPSA) is 47.7 Å². The molecule has 0 unspecified atom stereocenters. The summed E-state index contributed by atoms with van der Waals surface area (Å²) in [7, 11) is 0. The number of imidazole rings is 1. The van der Waals surface area contributed by atoms with Gasteiger partial charge in [-0.1, -0.05) is 35.7 Å². The van der Waals surface area contributed by atoms with E-state index in [2.05, 4.69) is 28.4 Å². The predicted molar refractivity (Wildman–Crippen MR) is 143 cm³/mol. The summed E-state index contributed by atoms with van der Waals surface area (Å²) in [5.74, 6) is 0. The molecule has 0 saturated heterocycles. The van der Waals surface area contributed by atoms with Crippen molar-refractivity contribution in [2.75, 3.05) is 0 Å². The standard InChI is InChI=1S/C21H14N3O.C11H8N.Ir/c1-15-10-11-18-17-8-5-9-19(20(17)25-21(18)22-15)24-13-12-23(14-24)16-6-3-2-4-7-16;1-2-6-10(7-3-1)11-8-4-5-9-12-11;/h2-8,10-13H,1H3;1-6,8-9H;/q2*-1;+3/i1D3;;. The van der Waals surface area contributed by atoms with Crippen LogP contribution in [0.2, 0.25) is 0 Å². The molecule has 0 aliphatic carbocycles. The van der Waals surface area contributed by atoms with Crippen LogP contribution in [0, 0.1) is 25.3 Å². The maximum atomic E-state index is 7.56. The van der Waals surface area contributed by atoms with Gasteiger partial charge in [0.05, 0.1) is 5.69 Å². The van der Waals surface area contributed by atoms with Crippen LogP contribution < -0.4 is 4.57 Å². The molecule has 0 fully saturated rings. The smallest absolute Gasteiger partial charge is 0.505 e. The fraction of sp³-hybridized carbons (Fsp3) is 0.0312. The molecule has 7 rings (SSSR count). The number of nitrogens with zero attached hydrogens (tertiary/aromatic N) is 4. The van der Waals surface area contributed by atoms with Gasteiger partial charge in [0.2, 0.25) is 5.71 Å². The van der Waals surface area contributed by atoms with E-state index in [9.17, 15) is 0 Å². The van der Waals surface area contributed by atoms with Crippen molar-refractivity contribution < 1.29 is 33.2 Å². The van der Waals surface area contributed by atoms with Crippen molar-refractivity contribution in [2.24, 2.45) is 0 Å². The van der Waals surface area contributed by atoms with Crippen molar-refractivity contribution >= 4 is 22.1 Å². The number of hydrogen-bond donors (Lipinski definition) is 0. The molecular weight excluding hydrogens is 649 g/mol. The summed E-state index contributed by atoms with van der Waals surface area (Å²) in [4.78, 5) is 8.42. The molecule has 6 heteroatoms. The molecule has 5 nitrogen and oxygen atoms in total. The zero-order valence-electron chi connectivity index (χ0n) is 23.0.